The van der Waals surface area contributed by atoms with Crippen molar-refractivity contribution in [2.45, 2.75) is 0 Å². The number of hydrogen-bond donors (Lipinski definition) is 0. The van der Waals surface area contributed by atoms with E-state index in [-0.39, 0.29) is 6.61 Å². The smallest absolute Gasteiger partial charge is 0.343 e. The molecule has 0 atom stereocenters. The second-order valence-electron chi connectivity index (χ2n) is 5.64. The van der Waals surface area contributed by atoms with Gasteiger partial charge in [0, 0.05) is 5.56 Å². The third-order valence-electron chi connectivity index (χ3n) is 4.06. The number of methoxy groups -OCH3 is 2. The van der Waals surface area contributed by atoms with E-state index < -0.39 is 5.97 Å². The van der Waals surface area contributed by atoms with Crippen LogP contribution >= 0.6 is 0 Å². The van der Waals surface area contributed by atoms with Crippen LogP contribution in [0.5, 0.6) is 11.5 Å². The van der Waals surface area contributed by atoms with Gasteiger partial charge in [-0.05, 0) is 34.9 Å². The molecular formula is C22H20O4. The second-order valence-corrected chi connectivity index (χ2v) is 5.64. The van der Waals surface area contributed by atoms with Crippen LogP contribution in [0.1, 0.15) is 0 Å². The maximum atomic E-state index is 11.5. The molecule has 0 aliphatic rings. The zero-order valence-electron chi connectivity index (χ0n) is 14.8. The van der Waals surface area contributed by atoms with E-state index >= 15 is 0 Å². The van der Waals surface area contributed by atoms with Gasteiger partial charge in [-0.15, -0.1) is 0 Å². The van der Waals surface area contributed by atoms with Gasteiger partial charge in [-0.1, -0.05) is 54.6 Å². The van der Waals surface area contributed by atoms with E-state index in [0.717, 1.165) is 22.3 Å². The molecule has 0 aliphatic carbocycles. The molecule has 3 aromatic rings. The van der Waals surface area contributed by atoms with Crippen LogP contribution in [-0.4, -0.2) is 26.8 Å². The van der Waals surface area contributed by atoms with Crippen molar-refractivity contribution >= 4 is 5.97 Å². The fourth-order valence-corrected chi connectivity index (χ4v) is 2.76. The van der Waals surface area contributed by atoms with Gasteiger partial charge >= 0.3 is 5.97 Å². The molecule has 3 rings (SSSR count). The normalized spacial score (nSPS) is 10.2. The number of esters is 1. The van der Waals surface area contributed by atoms with Gasteiger partial charge in [0.2, 0.25) is 0 Å². The van der Waals surface area contributed by atoms with Gasteiger partial charge in [-0.3, -0.25) is 0 Å². The molecule has 0 bridgehead atoms. The molecule has 4 heteroatoms. The molecule has 0 unspecified atom stereocenters. The van der Waals surface area contributed by atoms with Crippen LogP contribution in [0.2, 0.25) is 0 Å². The first-order chi connectivity index (χ1) is 12.7. The Morgan fingerprint density at radius 1 is 0.808 bits per heavy atom. The van der Waals surface area contributed by atoms with Crippen LogP contribution in [0.3, 0.4) is 0 Å². The molecule has 26 heavy (non-hydrogen) atoms. The van der Waals surface area contributed by atoms with Crippen LogP contribution in [0, 0.1) is 0 Å². The Kier molecular flexibility index (Phi) is 5.54. The lowest BCUT2D eigenvalue weighted by molar-refractivity contribution is -0.142. The van der Waals surface area contributed by atoms with Gasteiger partial charge < -0.3 is 14.2 Å². The van der Waals surface area contributed by atoms with Crippen molar-refractivity contribution in [2.75, 3.05) is 20.8 Å². The molecule has 0 aromatic heterocycles. The molecule has 132 valence electrons. The Bertz CT molecular complexity index is 888. The highest BCUT2D eigenvalue weighted by molar-refractivity contribution is 5.86. The summed E-state index contributed by atoms with van der Waals surface area (Å²) in [4.78, 5) is 11.5. The average molecular weight is 348 g/mol. The molecule has 4 nitrogen and oxygen atoms in total. The highest BCUT2D eigenvalue weighted by atomic mass is 16.6. The van der Waals surface area contributed by atoms with Crippen molar-refractivity contribution in [2.24, 2.45) is 0 Å². The predicted molar refractivity (Wildman–Crippen MR) is 101 cm³/mol. The molecule has 0 saturated heterocycles. The molecule has 3 aromatic carbocycles. The Morgan fingerprint density at radius 3 is 2.19 bits per heavy atom. The Balaban J connectivity index is 2.09. The monoisotopic (exact) mass is 348 g/mol. The van der Waals surface area contributed by atoms with Crippen LogP contribution in [0.25, 0.3) is 22.3 Å². The highest BCUT2D eigenvalue weighted by Crippen LogP contribution is 2.39. The molecule has 0 aliphatic heterocycles. The van der Waals surface area contributed by atoms with Crippen LogP contribution in [-0.2, 0) is 9.53 Å². The summed E-state index contributed by atoms with van der Waals surface area (Å²) in [5.41, 5.74) is 4.03. The van der Waals surface area contributed by atoms with Crippen molar-refractivity contribution in [1.82, 2.24) is 0 Å². The number of hydrogen-bond acceptors (Lipinski definition) is 4. The second kappa shape index (κ2) is 8.21. The average Bonchev–Trinajstić information content (AvgIpc) is 2.72. The molecule has 0 spiro atoms. The van der Waals surface area contributed by atoms with Crippen molar-refractivity contribution in [3.05, 3.63) is 72.8 Å². The first kappa shape index (κ1) is 17.5. The van der Waals surface area contributed by atoms with Crippen LogP contribution in [0.15, 0.2) is 72.8 Å². The van der Waals surface area contributed by atoms with Crippen molar-refractivity contribution in [3.63, 3.8) is 0 Å². The van der Waals surface area contributed by atoms with E-state index in [4.69, 9.17) is 9.47 Å². The summed E-state index contributed by atoms with van der Waals surface area (Å²) in [5, 5.41) is 0. The van der Waals surface area contributed by atoms with E-state index in [2.05, 4.69) is 22.9 Å². The fourth-order valence-electron chi connectivity index (χ4n) is 2.76. The first-order valence-electron chi connectivity index (χ1n) is 8.25. The molecule has 0 radical (unpaired) electrons. The van der Waals surface area contributed by atoms with Crippen molar-refractivity contribution in [1.29, 1.82) is 0 Å². The van der Waals surface area contributed by atoms with Crippen molar-refractivity contribution < 1.29 is 19.0 Å². The Labute approximate surface area is 153 Å². The zero-order valence-corrected chi connectivity index (χ0v) is 14.8. The Morgan fingerprint density at radius 2 is 1.50 bits per heavy atom. The molecule has 0 N–H and O–H groups in total. The van der Waals surface area contributed by atoms with Gasteiger partial charge in [0.05, 0.1) is 14.2 Å². The number of benzene rings is 3. The maximum Gasteiger partial charge on any atom is 0.343 e. The number of rotatable bonds is 6. The van der Waals surface area contributed by atoms with Crippen molar-refractivity contribution in [3.8, 4) is 33.8 Å². The standard InChI is InChI=1S/C22H20O4/c1-24-17-12-13-21(26-15-22(23)25-2)20(14-17)19-11-7-6-10-18(19)16-8-4-3-5-9-16/h3-14H,15H2,1-2H3. The molecule has 0 heterocycles. The summed E-state index contributed by atoms with van der Waals surface area (Å²) in [5.74, 6) is 0.885. The lowest BCUT2D eigenvalue weighted by Gasteiger charge is -2.16. The minimum absolute atomic E-state index is 0.149. The largest absolute Gasteiger partial charge is 0.497 e. The van der Waals surface area contributed by atoms with Crippen LogP contribution in [0.4, 0.5) is 0 Å². The summed E-state index contributed by atoms with van der Waals surface area (Å²) >= 11 is 0. The minimum atomic E-state index is -0.428. The predicted octanol–water partition coefficient (Wildman–Crippen LogP) is 4.58. The number of carbonyl (C=O) groups excluding carboxylic acids is 1. The zero-order chi connectivity index (χ0) is 18.4. The third kappa shape index (κ3) is 3.86. The maximum absolute atomic E-state index is 11.5. The molecule has 0 fully saturated rings. The minimum Gasteiger partial charge on any atom is -0.497 e. The Hall–Kier alpha value is -3.27. The van der Waals surface area contributed by atoms with Gasteiger partial charge in [0.25, 0.3) is 0 Å². The quantitative estimate of drug-likeness (QED) is 0.612. The third-order valence-corrected chi connectivity index (χ3v) is 4.06. The fraction of sp³-hybridized carbons (Fsp3) is 0.136. The summed E-state index contributed by atoms with van der Waals surface area (Å²) in [6.45, 7) is -0.149. The lowest BCUT2D eigenvalue weighted by Crippen LogP contribution is -2.13. The molecular weight excluding hydrogens is 328 g/mol. The number of carbonyl (C=O) groups is 1. The van der Waals surface area contributed by atoms with E-state index in [1.54, 1.807) is 19.2 Å². The van der Waals surface area contributed by atoms with Gasteiger partial charge in [-0.25, -0.2) is 4.79 Å². The highest BCUT2D eigenvalue weighted by Gasteiger charge is 2.14. The summed E-state index contributed by atoms with van der Waals surface area (Å²) in [6.07, 6.45) is 0. The first-order valence-corrected chi connectivity index (χ1v) is 8.25. The SMILES string of the molecule is COC(=O)COc1ccc(OC)cc1-c1ccccc1-c1ccccc1. The van der Waals surface area contributed by atoms with E-state index in [1.807, 2.05) is 42.5 Å². The lowest BCUT2D eigenvalue weighted by atomic mass is 9.94. The summed E-state index contributed by atoms with van der Waals surface area (Å²) < 4.78 is 15.7. The molecule has 0 amide bonds. The van der Waals surface area contributed by atoms with Gasteiger partial charge in [0.1, 0.15) is 11.5 Å². The summed E-state index contributed by atoms with van der Waals surface area (Å²) in [6, 6.07) is 23.7. The van der Waals surface area contributed by atoms with E-state index in [9.17, 15) is 4.79 Å². The topological polar surface area (TPSA) is 44.8 Å². The van der Waals surface area contributed by atoms with Crippen LogP contribution < -0.4 is 9.47 Å². The van der Waals surface area contributed by atoms with Gasteiger partial charge in [-0.2, -0.15) is 0 Å². The summed E-state index contributed by atoms with van der Waals surface area (Å²) in [7, 11) is 2.96. The van der Waals surface area contributed by atoms with E-state index in [1.165, 1.54) is 7.11 Å². The van der Waals surface area contributed by atoms with Gasteiger partial charge in [0.15, 0.2) is 6.61 Å². The van der Waals surface area contributed by atoms with E-state index in [0.29, 0.717) is 11.5 Å². The molecule has 0 saturated carbocycles. The number of ether oxygens (including phenoxy) is 3.